The number of hydrogen-bond acceptors (Lipinski definition) is 2. The quantitative estimate of drug-likeness (QED) is 0.367. The van der Waals surface area contributed by atoms with Crippen molar-refractivity contribution in [2.45, 2.75) is 29.8 Å². The molecule has 2 fully saturated rings. The molecule has 1 aliphatic carbocycles. The van der Waals surface area contributed by atoms with Crippen molar-refractivity contribution in [1.82, 2.24) is 0 Å². The minimum absolute atomic E-state index is 0.778. The van der Waals surface area contributed by atoms with Gasteiger partial charge in [-0.15, -0.1) is 0 Å². The first-order chi connectivity index (χ1) is 3.41. The summed E-state index contributed by atoms with van der Waals surface area (Å²) in [7, 11) is 4.19. The molecule has 1 saturated carbocycles. The van der Waals surface area contributed by atoms with Gasteiger partial charge in [0, 0.05) is 0 Å². The Morgan fingerprint density at radius 2 is 1.57 bits per heavy atom. The largest absolute Gasteiger partial charge is 0.0818 e. The molecule has 0 unspecified atom stereocenters. The fourth-order valence-corrected chi connectivity index (χ4v) is 3.52. The van der Waals surface area contributed by atoms with Crippen molar-refractivity contribution in [2.24, 2.45) is 0 Å². The summed E-state index contributed by atoms with van der Waals surface area (Å²) in [6, 6.07) is 0. The summed E-state index contributed by atoms with van der Waals surface area (Å²) in [6.07, 6.45) is 5.95. The predicted molar refractivity (Wildman–Crippen MR) is 36.4 cm³/mol. The molecule has 0 N–H and O–H groups in total. The van der Waals surface area contributed by atoms with Crippen LogP contribution in [0.25, 0.3) is 0 Å². The van der Waals surface area contributed by atoms with Crippen LogP contribution >= 0.6 is 21.6 Å². The average molecular weight is 132 g/mol. The van der Waals surface area contributed by atoms with Crippen LogP contribution in [0.15, 0.2) is 0 Å². The smallest absolute Gasteiger partial charge is 0.0739 e. The lowest BCUT2D eigenvalue weighted by atomic mass is 10.4. The van der Waals surface area contributed by atoms with Gasteiger partial charge in [0.2, 0.25) is 0 Å². The highest BCUT2D eigenvalue weighted by Gasteiger charge is 2.47. The summed E-state index contributed by atoms with van der Waals surface area (Å²) < 4.78 is 0.778. The Balaban J connectivity index is 2.07. The van der Waals surface area contributed by atoms with Gasteiger partial charge in [-0.05, 0) is 12.8 Å². The topological polar surface area (TPSA) is 0 Å². The van der Waals surface area contributed by atoms with Gasteiger partial charge in [-0.1, -0.05) is 34.4 Å². The average Bonchev–Trinajstić information content (AvgIpc) is 2.15. The highest BCUT2D eigenvalue weighted by atomic mass is 33.2. The first kappa shape index (κ1) is 4.57. The van der Waals surface area contributed by atoms with E-state index in [0.717, 1.165) is 4.08 Å². The van der Waals surface area contributed by atoms with E-state index in [0.29, 0.717) is 0 Å². The van der Waals surface area contributed by atoms with Crippen molar-refractivity contribution >= 4 is 21.6 Å². The van der Waals surface area contributed by atoms with E-state index >= 15 is 0 Å². The van der Waals surface area contributed by atoms with E-state index in [-0.39, 0.29) is 0 Å². The molecule has 0 bridgehead atoms. The van der Waals surface area contributed by atoms with Crippen LogP contribution in [0.1, 0.15) is 25.7 Å². The molecular formula is C5H8S2. The van der Waals surface area contributed by atoms with Crippen LogP contribution in [0.3, 0.4) is 0 Å². The normalized spacial score (nSPS) is 34.3. The Morgan fingerprint density at radius 3 is 1.86 bits per heavy atom. The second kappa shape index (κ2) is 1.35. The molecule has 1 heterocycles. The van der Waals surface area contributed by atoms with Crippen molar-refractivity contribution in [3.8, 4) is 0 Å². The third kappa shape index (κ3) is 0.685. The molecule has 2 heteroatoms. The summed E-state index contributed by atoms with van der Waals surface area (Å²) in [5.41, 5.74) is 0. The molecule has 0 aromatic heterocycles. The Bertz CT molecular complexity index is 78.1. The van der Waals surface area contributed by atoms with E-state index in [1.807, 2.05) is 0 Å². The summed E-state index contributed by atoms with van der Waals surface area (Å²) in [6.45, 7) is 0. The maximum Gasteiger partial charge on any atom is 0.0818 e. The molecule has 1 saturated heterocycles. The van der Waals surface area contributed by atoms with E-state index in [4.69, 9.17) is 0 Å². The Morgan fingerprint density at radius 1 is 1.00 bits per heavy atom. The van der Waals surface area contributed by atoms with E-state index in [9.17, 15) is 0 Å². The van der Waals surface area contributed by atoms with Crippen LogP contribution in [0.5, 0.6) is 0 Å². The van der Waals surface area contributed by atoms with Crippen molar-refractivity contribution in [3.63, 3.8) is 0 Å². The lowest BCUT2D eigenvalue weighted by Gasteiger charge is -1.92. The van der Waals surface area contributed by atoms with Gasteiger partial charge >= 0.3 is 0 Å². The molecule has 1 spiro atoms. The molecule has 0 amide bonds. The maximum atomic E-state index is 2.09. The molecule has 0 nitrogen and oxygen atoms in total. The van der Waals surface area contributed by atoms with Gasteiger partial charge in [0.25, 0.3) is 0 Å². The summed E-state index contributed by atoms with van der Waals surface area (Å²) >= 11 is 0. The Hall–Kier alpha value is 0.700. The van der Waals surface area contributed by atoms with Crippen LogP contribution < -0.4 is 0 Å². The molecule has 40 valence electrons. The van der Waals surface area contributed by atoms with Gasteiger partial charge in [0.15, 0.2) is 0 Å². The van der Waals surface area contributed by atoms with E-state index in [2.05, 4.69) is 21.6 Å². The molecule has 1 aliphatic heterocycles. The van der Waals surface area contributed by atoms with Crippen LogP contribution in [0, 0.1) is 0 Å². The molecule has 7 heavy (non-hydrogen) atoms. The van der Waals surface area contributed by atoms with Crippen molar-refractivity contribution < 1.29 is 0 Å². The zero-order valence-corrected chi connectivity index (χ0v) is 5.78. The van der Waals surface area contributed by atoms with Gasteiger partial charge < -0.3 is 0 Å². The lowest BCUT2D eigenvalue weighted by Crippen LogP contribution is -1.92. The van der Waals surface area contributed by atoms with Crippen LogP contribution in [0.2, 0.25) is 0 Å². The SMILES string of the molecule is C1CCC2(C1)SS2. The lowest BCUT2D eigenvalue weighted by molar-refractivity contribution is 0.873. The number of hydrogen-bond donors (Lipinski definition) is 0. The van der Waals surface area contributed by atoms with Crippen LogP contribution in [-0.4, -0.2) is 4.08 Å². The molecule has 2 rings (SSSR count). The van der Waals surface area contributed by atoms with E-state index in [1.54, 1.807) is 0 Å². The van der Waals surface area contributed by atoms with Gasteiger partial charge in [-0.3, -0.25) is 0 Å². The highest BCUT2D eigenvalue weighted by molar-refractivity contribution is 8.93. The molecule has 0 aromatic rings. The van der Waals surface area contributed by atoms with Crippen LogP contribution in [-0.2, 0) is 0 Å². The van der Waals surface area contributed by atoms with Crippen molar-refractivity contribution in [3.05, 3.63) is 0 Å². The highest BCUT2D eigenvalue weighted by Crippen LogP contribution is 2.71. The Kier molecular flexibility index (Phi) is 0.880. The predicted octanol–water partition coefficient (Wildman–Crippen LogP) is 2.65. The van der Waals surface area contributed by atoms with Gasteiger partial charge in [0.05, 0.1) is 4.08 Å². The standard InChI is InChI=1S/C5H8S2/c1-2-4-5(3-1)6-7-5/h1-4H2. The minimum Gasteiger partial charge on any atom is -0.0739 e. The zero-order valence-electron chi connectivity index (χ0n) is 4.14. The molecule has 0 radical (unpaired) electrons. The zero-order chi connectivity index (χ0) is 4.74. The third-order valence-electron chi connectivity index (χ3n) is 1.68. The second-order valence-corrected chi connectivity index (χ2v) is 5.44. The Labute approximate surface area is 51.8 Å². The van der Waals surface area contributed by atoms with E-state index < -0.39 is 0 Å². The van der Waals surface area contributed by atoms with Crippen molar-refractivity contribution in [1.29, 1.82) is 0 Å². The van der Waals surface area contributed by atoms with Crippen LogP contribution in [0.4, 0.5) is 0 Å². The summed E-state index contributed by atoms with van der Waals surface area (Å²) in [5.74, 6) is 0. The molecular weight excluding hydrogens is 124 g/mol. The minimum atomic E-state index is 0.778. The molecule has 2 aliphatic rings. The first-order valence-corrected chi connectivity index (χ1v) is 4.93. The third-order valence-corrected chi connectivity index (χ3v) is 5.05. The summed E-state index contributed by atoms with van der Waals surface area (Å²) in [4.78, 5) is 0. The van der Waals surface area contributed by atoms with Gasteiger partial charge in [0.1, 0.15) is 0 Å². The fraction of sp³-hybridized carbons (Fsp3) is 1.00. The van der Waals surface area contributed by atoms with Gasteiger partial charge in [-0.2, -0.15) is 0 Å². The first-order valence-electron chi connectivity index (χ1n) is 2.78. The van der Waals surface area contributed by atoms with Gasteiger partial charge in [-0.25, -0.2) is 0 Å². The maximum absolute atomic E-state index is 2.09. The molecule has 0 atom stereocenters. The van der Waals surface area contributed by atoms with E-state index in [1.165, 1.54) is 25.7 Å². The molecule has 0 aromatic carbocycles. The second-order valence-electron chi connectivity index (χ2n) is 2.28. The number of rotatable bonds is 0. The summed E-state index contributed by atoms with van der Waals surface area (Å²) in [5, 5.41) is 0. The fourth-order valence-electron chi connectivity index (χ4n) is 1.14. The monoisotopic (exact) mass is 132 g/mol. The van der Waals surface area contributed by atoms with Crippen molar-refractivity contribution in [2.75, 3.05) is 0 Å².